The third kappa shape index (κ3) is 2.95. The number of benzene rings is 2. The van der Waals surface area contributed by atoms with Gasteiger partial charge in [0.05, 0.1) is 13.2 Å². The SMILES string of the molecule is COc1cc(C(O)CCc2ccccc2)cc2c1OCO2. The van der Waals surface area contributed by atoms with Crippen molar-refractivity contribution in [2.45, 2.75) is 18.9 Å². The van der Waals surface area contributed by atoms with E-state index in [0.29, 0.717) is 23.7 Å². The molecule has 110 valence electrons. The predicted octanol–water partition coefficient (Wildman–Crippen LogP) is 3.09. The first-order valence-electron chi connectivity index (χ1n) is 6.97. The first-order chi connectivity index (χ1) is 10.3. The molecule has 4 heteroatoms. The molecule has 0 radical (unpaired) electrons. The Bertz CT molecular complexity index is 610. The topological polar surface area (TPSA) is 47.9 Å². The molecule has 0 aromatic heterocycles. The van der Waals surface area contributed by atoms with Crippen molar-refractivity contribution in [3.05, 3.63) is 53.6 Å². The fraction of sp³-hybridized carbons (Fsp3) is 0.294. The van der Waals surface area contributed by atoms with E-state index >= 15 is 0 Å². The van der Waals surface area contributed by atoms with Crippen LogP contribution in [0.15, 0.2) is 42.5 Å². The quantitative estimate of drug-likeness (QED) is 0.917. The van der Waals surface area contributed by atoms with Crippen LogP contribution in [-0.2, 0) is 6.42 Å². The van der Waals surface area contributed by atoms with E-state index in [0.717, 1.165) is 12.0 Å². The summed E-state index contributed by atoms with van der Waals surface area (Å²) in [5, 5.41) is 10.4. The zero-order valence-corrected chi connectivity index (χ0v) is 11.9. The highest BCUT2D eigenvalue weighted by Gasteiger charge is 2.22. The maximum Gasteiger partial charge on any atom is 0.231 e. The summed E-state index contributed by atoms with van der Waals surface area (Å²) in [5.41, 5.74) is 2.00. The van der Waals surface area contributed by atoms with Crippen LogP contribution in [0.4, 0.5) is 0 Å². The molecule has 1 aliphatic heterocycles. The highest BCUT2D eigenvalue weighted by molar-refractivity contribution is 5.55. The Labute approximate surface area is 123 Å². The summed E-state index contributed by atoms with van der Waals surface area (Å²) in [4.78, 5) is 0. The fourth-order valence-corrected chi connectivity index (χ4v) is 2.46. The highest BCUT2D eigenvalue weighted by atomic mass is 16.7. The Hall–Kier alpha value is -2.20. The number of aliphatic hydroxyl groups excluding tert-OH is 1. The third-order valence-electron chi connectivity index (χ3n) is 3.61. The summed E-state index contributed by atoms with van der Waals surface area (Å²) < 4.78 is 16.0. The number of aliphatic hydroxyl groups is 1. The van der Waals surface area contributed by atoms with Crippen molar-refractivity contribution in [1.29, 1.82) is 0 Å². The molecule has 0 aliphatic carbocycles. The van der Waals surface area contributed by atoms with E-state index in [2.05, 4.69) is 12.1 Å². The lowest BCUT2D eigenvalue weighted by atomic mass is 10.0. The Morgan fingerprint density at radius 1 is 1.19 bits per heavy atom. The molecule has 1 heterocycles. The van der Waals surface area contributed by atoms with E-state index in [1.54, 1.807) is 7.11 Å². The maximum atomic E-state index is 10.4. The lowest BCUT2D eigenvalue weighted by Gasteiger charge is -2.13. The molecule has 0 saturated heterocycles. The lowest BCUT2D eigenvalue weighted by Crippen LogP contribution is -2.00. The summed E-state index contributed by atoms with van der Waals surface area (Å²) in [6.45, 7) is 0.190. The van der Waals surface area contributed by atoms with Crippen molar-refractivity contribution < 1.29 is 19.3 Å². The summed E-state index contributed by atoms with van der Waals surface area (Å²) in [7, 11) is 1.58. The normalized spacial score (nSPS) is 14.0. The van der Waals surface area contributed by atoms with Gasteiger partial charge in [0, 0.05) is 0 Å². The Balaban J connectivity index is 1.74. The fourth-order valence-electron chi connectivity index (χ4n) is 2.46. The van der Waals surface area contributed by atoms with Crippen LogP contribution in [0.1, 0.15) is 23.7 Å². The van der Waals surface area contributed by atoms with Gasteiger partial charge in [-0.2, -0.15) is 0 Å². The first kappa shape index (κ1) is 13.8. The molecule has 21 heavy (non-hydrogen) atoms. The highest BCUT2D eigenvalue weighted by Crippen LogP contribution is 2.43. The van der Waals surface area contributed by atoms with E-state index in [-0.39, 0.29) is 6.79 Å². The average Bonchev–Trinajstić information content (AvgIpc) is 3.01. The van der Waals surface area contributed by atoms with Gasteiger partial charge in [0.25, 0.3) is 0 Å². The minimum Gasteiger partial charge on any atom is -0.493 e. The lowest BCUT2D eigenvalue weighted by molar-refractivity contribution is 0.165. The van der Waals surface area contributed by atoms with Crippen molar-refractivity contribution in [3.8, 4) is 17.2 Å². The predicted molar refractivity (Wildman–Crippen MR) is 78.8 cm³/mol. The number of rotatable bonds is 5. The number of hydrogen-bond donors (Lipinski definition) is 1. The van der Waals surface area contributed by atoms with Gasteiger partial charge in [-0.1, -0.05) is 30.3 Å². The van der Waals surface area contributed by atoms with E-state index in [4.69, 9.17) is 14.2 Å². The van der Waals surface area contributed by atoms with Crippen LogP contribution in [0.5, 0.6) is 17.2 Å². The van der Waals surface area contributed by atoms with Gasteiger partial charge in [-0.3, -0.25) is 0 Å². The molecule has 2 aromatic rings. The number of ether oxygens (including phenoxy) is 3. The van der Waals surface area contributed by atoms with Gasteiger partial charge < -0.3 is 19.3 Å². The van der Waals surface area contributed by atoms with Crippen molar-refractivity contribution >= 4 is 0 Å². The Morgan fingerprint density at radius 2 is 2.00 bits per heavy atom. The van der Waals surface area contributed by atoms with Crippen molar-refractivity contribution in [3.63, 3.8) is 0 Å². The number of aryl methyl sites for hydroxylation is 1. The summed E-state index contributed by atoms with van der Waals surface area (Å²) >= 11 is 0. The largest absolute Gasteiger partial charge is 0.493 e. The molecule has 0 amide bonds. The van der Waals surface area contributed by atoms with Gasteiger partial charge >= 0.3 is 0 Å². The minimum absolute atomic E-state index is 0.190. The average molecular weight is 286 g/mol. The van der Waals surface area contributed by atoms with Gasteiger partial charge in [-0.05, 0) is 36.1 Å². The van der Waals surface area contributed by atoms with Crippen LogP contribution in [-0.4, -0.2) is 19.0 Å². The molecule has 2 aromatic carbocycles. The third-order valence-corrected chi connectivity index (χ3v) is 3.61. The number of methoxy groups -OCH3 is 1. The molecule has 4 nitrogen and oxygen atoms in total. The maximum absolute atomic E-state index is 10.4. The standard InChI is InChI=1S/C17H18O4/c1-19-15-9-13(10-16-17(15)21-11-20-16)14(18)8-7-12-5-3-2-4-6-12/h2-6,9-10,14,18H,7-8,11H2,1H3. The van der Waals surface area contributed by atoms with E-state index in [1.165, 1.54) is 5.56 Å². The molecule has 0 spiro atoms. The number of fused-ring (bicyclic) bond motifs is 1. The van der Waals surface area contributed by atoms with Gasteiger partial charge in [0.15, 0.2) is 11.5 Å². The molecule has 1 N–H and O–H groups in total. The smallest absolute Gasteiger partial charge is 0.231 e. The zero-order valence-electron chi connectivity index (χ0n) is 11.9. The first-order valence-corrected chi connectivity index (χ1v) is 6.97. The molecule has 1 atom stereocenters. The second-order valence-corrected chi connectivity index (χ2v) is 5.00. The van der Waals surface area contributed by atoms with E-state index < -0.39 is 6.10 Å². The Morgan fingerprint density at radius 3 is 2.76 bits per heavy atom. The second kappa shape index (κ2) is 6.06. The molecule has 0 bridgehead atoms. The van der Waals surface area contributed by atoms with E-state index in [9.17, 15) is 5.11 Å². The van der Waals surface area contributed by atoms with Crippen LogP contribution in [0.25, 0.3) is 0 Å². The monoisotopic (exact) mass is 286 g/mol. The van der Waals surface area contributed by atoms with Crippen molar-refractivity contribution in [2.75, 3.05) is 13.9 Å². The number of hydrogen-bond acceptors (Lipinski definition) is 4. The van der Waals surface area contributed by atoms with Gasteiger partial charge in [0.2, 0.25) is 12.5 Å². The molecular formula is C17H18O4. The molecular weight excluding hydrogens is 268 g/mol. The summed E-state index contributed by atoms with van der Waals surface area (Å²) in [6.07, 6.45) is 0.902. The van der Waals surface area contributed by atoms with Crippen molar-refractivity contribution in [2.24, 2.45) is 0 Å². The van der Waals surface area contributed by atoms with Crippen molar-refractivity contribution in [1.82, 2.24) is 0 Å². The van der Waals surface area contributed by atoms with E-state index in [1.807, 2.05) is 30.3 Å². The second-order valence-electron chi connectivity index (χ2n) is 5.00. The minimum atomic E-state index is -0.561. The summed E-state index contributed by atoms with van der Waals surface area (Å²) in [5.74, 6) is 1.83. The van der Waals surface area contributed by atoms with Crippen LogP contribution in [0.3, 0.4) is 0 Å². The van der Waals surface area contributed by atoms with Crippen LogP contribution in [0.2, 0.25) is 0 Å². The van der Waals surface area contributed by atoms with Crippen LogP contribution in [0, 0.1) is 0 Å². The molecule has 0 fully saturated rings. The Kier molecular flexibility index (Phi) is 3.97. The molecule has 1 unspecified atom stereocenters. The molecule has 3 rings (SSSR count). The van der Waals surface area contributed by atoms with Gasteiger partial charge in [-0.15, -0.1) is 0 Å². The molecule has 0 saturated carbocycles. The summed E-state index contributed by atoms with van der Waals surface area (Å²) in [6, 6.07) is 13.8. The molecule has 1 aliphatic rings. The van der Waals surface area contributed by atoms with Gasteiger partial charge in [0.1, 0.15) is 0 Å². The van der Waals surface area contributed by atoms with Crippen LogP contribution < -0.4 is 14.2 Å². The van der Waals surface area contributed by atoms with Crippen LogP contribution >= 0.6 is 0 Å². The van der Waals surface area contributed by atoms with Gasteiger partial charge in [-0.25, -0.2) is 0 Å². The zero-order chi connectivity index (χ0) is 14.7.